The second-order valence-corrected chi connectivity index (χ2v) is 5.10. The molecule has 0 aliphatic carbocycles. The Hall–Kier alpha value is -2.38. The summed E-state index contributed by atoms with van der Waals surface area (Å²) in [6, 6.07) is 0.500. The van der Waals surface area contributed by atoms with Crippen molar-refractivity contribution in [2.75, 3.05) is 7.05 Å². The van der Waals surface area contributed by atoms with Gasteiger partial charge in [0, 0.05) is 19.3 Å². The third-order valence-corrected chi connectivity index (χ3v) is 2.82. The summed E-state index contributed by atoms with van der Waals surface area (Å²) in [7, 11) is 1.49. The van der Waals surface area contributed by atoms with Crippen molar-refractivity contribution in [2.45, 2.75) is 32.9 Å². The van der Waals surface area contributed by atoms with Crippen LogP contribution >= 0.6 is 0 Å². The molecule has 0 aliphatic heterocycles. The maximum absolute atomic E-state index is 11.9. The number of carbonyl (C=O) groups is 2. The van der Waals surface area contributed by atoms with Crippen molar-refractivity contribution >= 4 is 11.8 Å². The second-order valence-electron chi connectivity index (χ2n) is 5.10. The fourth-order valence-electron chi connectivity index (χ4n) is 1.84. The average Bonchev–Trinajstić information content (AvgIpc) is 2.39. The largest absolute Gasteiger partial charge is 0.357 e. The molecule has 0 radical (unpaired) electrons. The van der Waals surface area contributed by atoms with Crippen molar-refractivity contribution < 1.29 is 9.59 Å². The molecule has 1 atom stereocenters. The van der Waals surface area contributed by atoms with Crippen LogP contribution in [0.4, 0.5) is 0 Å². The average molecular weight is 296 g/mol. The Labute approximate surface area is 121 Å². The first-order chi connectivity index (χ1) is 9.83. The van der Waals surface area contributed by atoms with Crippen LogP contribution in [0.2, 0.25) is 0 Å². The molecular weight excluding hydrogens is 276 g/mol. The van der Waals surface area contributed by atoms with Gasteiger partial charge in [-0.15, -0.1) is 0 Å². The minimum Gasteiger partial charge on any atom is -0.357 e. The maximum Gasteiger partial charge on any atom is 0.328 e. The molecule has 0 unspecified atom stereocenters. The first-order valence-electron chi connectivity index (χ1n) is 6.64. The molecule has 116 valence electrons. The molecule has 8 nitrogen and oxygen atoms in total. The Morgan fingerprint density at radius 1 is 1.33 bits per heavy atom. The fourth-order valence-corrected chi connectivity index (χ4v) is 1.84. The van der Waals surface area contributed by atoms with E-state index in [1.165, 1.54) is 13.2 Å². The highest BCUT2D eigenvalue weighted by Crippen LogP contribution is 2.04. The molecule has 1 aromatic rings. The SMILES string of the molecule is CNC(=O)[C@@H](CC(C)C)NC(=O)Cn1ccc(=O)[nH]c1=O. The number of carbonyl (C=O) groups excluding carboxylic acids is 2. The van der Waals surface area contributed by atoms with Crippen molar-refractivity contribution in [3.63, 3.8) is 0 Å². The third kappa shape index (κ3) is 5.25. The van der Waals surface area contributed by atoms with Gasteiger partial charge in [-0.3, -0.25) is 23.9 Å². The molecule has 0 aromatic carbocycles. The molecule has 3 N–H and O–H groups in total. The molecule has 0 bridgehead atoms. The number of hydrogen-bond donors (Lipinski definition) is 3. The highest BCUT2D eigenvalue weighted by molar-refractivity contribution is 5.87. The van der Waals surface area contributed by atoms with Crippen LogP contribution in [0, 0.1) is 5.92 Å². The van der Waals surface area contributed by atoms with Gasteiger partial charge in [-0.25, -0.2) is 4.79 Å². The normalized spacial score (nSPS) is 12.0. The number of aromatic nitrogens is 2. The van der Waals surface area contributed by atoms with Gasteiger partial charge in [0.2, 0.25) is 11.8 Å². The standard InChI is InChI=1S/C13H20N4O4/c1-8(2)6-9(12(20)14-3)15-11(19)7-17-5-4-10(18)16-13(17)21/h4-5,8-9H,6-7H2,1-3H3,(H,14,20)(H,15,19)(H,16,18,21)/t9-/m1/s1. The highest BCUT2D eigenvalue weighted by atomic mass is 16.2. The van der Waals surface area contributed by atoms with Crippen molar-refractivity contribution in [2.24, 2.45) is 5.92 Å². The van der Waals surface area contributed by atoms with Gasteiger partial charge in [0.25, 0.3) is 5.56 Å². The Bertz CT molecular complexity index is 617. The van der Waals surface area contributed by atoms with Gasteiger partial charge in [-0.05, 0) is 12.3 Å². The minimum absolute atomic E-state index is 0.225. The van der Waals surface area contributed by atoms with Gasteiger partial charge in [-0.2, -0.15) is 0 Å². The number of nitrogens with zero attached hydrogens (tertiary/aromatic N) is 1. The number of hydrogen-bond acceptors (Lipinski definition) is 4. The lowest BCUT2D eigenvalue weighted by molar-refractivity contribution is -0.129. The Balaban J connectivity index is 2.75. The van der Waals surface area contributed by atoms with E-state index in [-0.39, 0.29) is 18.4 Å². The molecule has 1 heterocycles. The summed E-state index contributed by atoms with van der Waals surface area (Å²) in [5.74, 6) is -0.535. The van der Waals surface area contributed by atoms with Gasteiger partial charge in [0.1, 0.15) is 12.6 Å². The zero-order valence-electron chi connectivity index (χ0n) is 12.3. The first-order valence-corrected chi connectivity index (χ1v) is 6.64. The van der Waals surface area contributed by atoms with Crippen LogP contribution in [-0.2, 0) is 16.1 Å². The van der Waals surface area contributed by atoms with E-state index < -0.39 is 23.2 Å². The van der Waals surface area contributed by atoms with Crippen LogP contribution in [0.15, 0.2) is 21.9 Å². The van der Waals surface area contributed by atoms with E-state index in [0.29, 0.717) is 6.42 Å². The van der Waals surface area contributed by atoms with E-state index in [4.69, 9.17) is 0 Å². The molecule has 21 heavy (non-hydrogen) atoms. The van der Waals surface area contributed by atoms with E-state index in [2.05, 4.69) is 15.6 Å². The minimum atomic E-state index is -0.669. The second kappa shape index (κ2) is 7.41. The van der Waals surface area contributed by atoms with Crippen molar-refractivity contribution in [1.29, 1.82) is 0 Å². The van der Waals surface area contributed by atoms with Crippen LogP contribution in [0.1, 0.15) is 20.3 Å². The zero-order chi connectivity index (χ0) is 16.0. The molecule has 0 spiro atoms. The number of nitrogens with one attached hydrogen (secondary N) is 3. The van der Waals surface area contributed by atoms with E-state index in [9.17, 15) is 19.2 Å². The van der Waals surface area contributed by atoms with Gasteiger partial charge in [0.15, 0.2) is 0 Å². The Morgan fingerprint density at radius 2 is 2.00 bits per heavy atom. The van der Waals surface area contributed by atoms with Crippen LogP contribution in [0.5, 0.6) is 0 Å². The first kappa shape index (κ1) is 16.7. The third-order valence-electron chi connectivity index (χ3n) is 2.82. The lowest BCUT2D eigenvalue weighted by atomic mass is 10.0. The van der Waals surface area contributed by atoms with Gasteiger partial charge in [-0.1, -0.05) is 13.8 Å². The molecule has 8 heteroatoms. The zero-order valence-corrected chi connectivity index (χ0v) is 12.3. The number of amides is 2. The summed E-state index contributed by atoms with van der Waals surface area (Å²) < 4.78 is 1.06. The van der Waals surface area contributed by atoms with E-state index in [1.54, 1.807) is 0 Å². The summed E-state index contributed by atoms with van der Waals surface area (Å²) in [5.41, 5.74) is -1.20. The predicted octanol–water partition coefficient (Wildman–Crippen LogP) is -1.19. The molecule has 1 rings (SSSR count). The summed E-state index contributed by atoms with van der Waals surface area (Å²) >= 11 is 0. The number of likely N-dealkylation sites (N-methyl/N-ethyl adjacent to an activating group) is 1. The lowest BCUT2D eigenvalue weighted by Gasteiger charge is -2.19. The van der Waals surface area contributed by atoms with Crippen LogP contribution in [0.3, 0.4) is 0 Å². The van der Waals surface area contributed by atoms with E-state index >= 15 is 0 Å². The molecule has 1 aromatic heterocycles. The van der Waals surface area contributed by atoms with Crippen molar-refractivity contribution in [3.8, 4) is 0 Å². The lowest BCUT2D eigenvalue weighted by Crippen LogP contribution is -2.48. The summed E-state index contributed by atoms with van der Waals surface area (Å²) in [6.45, 7) is 3.62. The Morgan fingerprint density at radius 3 is 2.52 bits per heavy atom. The number of aromatic amines is 1. The van der Waals surface area contributed by atoms with Gasteiger partial charge in [0.05, 0.1) is 0 Å². The predicted molar refractivity (Wildman–Crippen MR) is 76.8 cm³/mol. The Kier molecular flexibility index (Phi) is 5.89. The van der Waals surface area contributed by atoms with Crippen LogP contribution < -0.4 is 21.9 Å². The number of rotatable bonds is 6. The topological polar surface area (TPSA) is 113 Å². The van der Waals surface area contributed by atoms with Crippen molar-refractivity contribution in [3.05, 3.63) is 33.1 Å². The smallest absolute Gasteiger partial charge is 0.328 e. The van der Waals surface area contributed by atoms with Gasteiger partial charge >= 0.3 is 5.69 Å². The molecule has 0 fully saturated rings. The van der Waals surface area contributed by atoms with Crippen LogP contribution in [-0.4, -0.2) is 34.5 Å². The molecule has 2 amide bonds. The molecule has 0 saturated carbocycles. The summed E-state index contributed by atoms with van der Waals surface area (Å²) in [5, 5.41) is 5.08. The van der Waals surface area contributed by atoms with E-state index in [0.717, 1.165) is 10.6 Å². The highest BCUT2D eigenvalue weighted by Gasteiger charge is 2.20. The molecular formula is C13H20N4O4. The van der Waals surface area contributed by atoms with Crippen molar-refractivity contribution in [1.82, 2.24) is 20.2 Å². The van der Waals surface area contributed by atoms with Gasteiger partial charge < -0.3 is 10.6 Å². The molecule has 0 aliphatic rings. The monoisotopic (exact) mass is 296 g/mol. The maximum atomic E-state index is 11.9. The number of H-pyrrole nitrogens is 1. The fraction of sp³-hybridized carbons (Fsp3) is 0.538. The summed E-state index contributed by atoms with van der Waals surface area (Å²) in [6.07, 6.45) is 1.73. The summed E-state index contributed by atoms with van der Waals surface area (Å²) in [4.78, 5) is 48.1. The quantitative estimate of drug-likeness (QED) is 0.613. The van der Waals surface area contributed by atoms with E-state index in [1.807, 2.05) is 13.8 Å². The van der Waals surface area contributed by atoms with Crippen LogP contribution in [0.25, 0.3) is 0 Å². The molecule has 0 saturated heterocycles.